The van der Waals surface area contributed by atoms with E-state index in [1.807, 2.05) is 0 Å². The molecule has 1 aliphatic heterocycles. The molecular weight excluding hydrogens is 585 g/mol. The van der Waals surface area contributed by atoms with Gasteiger partial charge in [-0.1, -0.05) is 121 Å². The van der Waals surface area contributed by atoms with Gasteiger partial charge in [0.05, 0.1) is 27.9 Å². The van der Waals surface area contributed by atoms with Crippen molar-refractivity contribution in [3.8, 4) is 39.1 Å². The summed E-state index contributed by atoms with van der Waals surface area (Å²) in [6.07, 6.45) is 0. The third kappa shape index (κ3) is 4.74. The summed E-state index contributed by atoms with van der Waals surface area (Å²) in [5.41, 5.74) is 13.5. The molecule has 7 aromatic rings. The Morgan fingerprint density at radius 3 is 1.40 bits per heavy atom. The Labute approximate surface area is 283 Å². The molecule has 48 heavy (non-hydrogen) atoms. The smallest absolute Gasteiger partial charge is 0.399 e. The predicted octanol–water partition coefficient (Wildman–Crippen LogP) is 10.7. The molecule has 1 aromatic heterocycles. The van der Waals surface area contributed by atoms with Crippen LogP contribution < -0.4 is 5.46 Å². The van der Waals surface area contributed by atoms with Crippen molar-refractivity contribution >= 4 is 34.4 Å². The first-order valence-corrected chi connectivity index (χ1v) is 16.9. The Bertz CT molecular complexity index is 2230. The summed E-state index contributed by atoms with van der Waals surface area (Å²) >= 11 is 0. The summed E-state index contributed by atoms with van der Waals surface area (Å²) in [4.78, 5) is 0. The summed E-state index contributed by atoms with van der Waals surface area (Å²) in [6, 6.07) is 48.2. The Kier molecular flexibility index (Phi) is 7.21. The van der Waals surface area contributed by atoms with Crippen LogP contribution in [0.15, 0.2) is 133 Å². The topological polar surface area (TPSA) is 23.4 Å². The molecule has 0 saturated carbocycles. The molecule has 0 radical (unpaired) electrons. The number of para-hydroxylation sites is 2. The third-order valence-electron chi connectivity index (χ3n) is 10.7. The van der Waals surface area contributed by atoms with E-state index in [-0.39, 0.29) is 0 Å². The van der Waals surface area contributed by atoms with Crippen LogP contribution in [0, 0.1) is 13.8 Å². The second-order valence-electron chi connectivity index (χ2n) is 14.0. The van der Waals surface area contributed by atoms with E-state index in [1.165, 1.54) is 66.4 Å². The van der Waals surface area contributed by atoms with Gasteiger partial charge in [-0.05, 0) is 92.5 Å². The summed E-state index contributed by atoms with van der Waals surface area (Å²) in [5, 5.41) is 2.49. The monoisotopic (exact) mass is 625 g/mol. The first-order valence-electron chi connectivity index (χ1n) is 16.9. The second kappa shape index (κ2) is 11.4. The van der Waals surface area contributed by atoms with Crippen molar-refractivity contribution in [2.24, 2.45) is 0 Å². The normalized spacial score (nSPS) is 15.4. The Morgan fingerprint density at radius 1 is 0.458 bits per heavy atom. The number of benzene rings is 6. The van der Waals surface area contributed by atoms with Crippen LogP contribution in [0.4, 0.5) is 0 Å². The van der Waals surface area contributed by atoms with Crippen LogP contribution in [0.3, 0.4) is 0 Å². The molecule has 6 aromatic carbocycles. The molecule has 4 heteroatoms. The highest BCUT2D eigenvalue weighted by atomic mass is 16.7. The summed E-state index contributed by atoms with van der Waals surface area (Å²) in [6.45, 7) is 13.0. The van der Waals surface area contributed by atoms with E-state index in [1.54, 1.807) is 0 Å². The van der Waals surface area contributed by atoms with Crippen LogP contribution in [0.25, 0.3) is 60.9 Å². The van der Waals surface area contributed by atoms with Crippen LogP contribution in [0.5, 0.6) is 0 Å². The molecule has 1 aliphatic rings. The van der Waals surface area contributed by atoms with Crippen molar-refractivity contribution in [3.63, 3.8) is 0 Å². The number of nitrogens with zero attached hydrogens (tertiary/aromatic N) is 1. The molecule has 0 amide bonds. The molecule has 0 spiro atoms. The first kappa shape index (κ1) is 30.4. The average Bonchev–Trinajstić information content (AvgIpc) is 3.55. The fourth-order valence-electron chi connectivity index (χ4n) is 7.36. The van der Waals surface area contributed by atoms with Crippen molar-refractivity contribution in [1.29, 1.82) is 0 Å². The SMILES string of the molecule is Cc1c(C)c(-c2ccccc2)c(-n2c3ccccc3c3ccccc32)c(-c2ccc(B3OC(C)(C)C(C)(C)O3)cc2)c1-c1ccccc1. The lowest BCUT2D eigenvalue weighted by Gasteiger charge is -2.32. The van der Waals surface area contributed by atoms with Crippen LogP contribution >= 0.6 is 0 Å². The fraction of sp³-hybridized carbons (Fsp3) is 0.182. The second-order valence-corrected chi connectivity index (χ2v) is 14.0. The van der Waals surface area contributed by atoms with Crippen LogP contribution in [-0.4, -0.2) is 22.9 Å². The molecule has 1 saturated heterocycles. The summed E-state index contributed by atoms with van der Waals surface area (Å²) in [7, 11) is -0.422. The maximum Gasteiger partial charge on any atom is 0.494 e. The highest BCUT2D eigenvalue weighted by Crippen LogP contribution is 2.49. The predicted molar refractivity (Wildman–Crippen MR) is 202 cm³/mol. The van der Waals surface area contributed by atoms with E-state index in [0.29, 0.717) is 0 Å². The lowest BCUT2D eigenvalue weighted by molar-refractivity contribution is 0.00578. The van der Waals surface area contributed by atoms with Crippen LogP contribution in [-0.2, 0) is 9.31 Å². The van der Waals surface area contributed by atoms with Crippen molar-refractivity contribution in [1.82, 2.24) is 4.57 Å². The highest BCUT2D eigenvalue weighted by Gasteiger charge is 2.51. The molecule has 8 rings (SSSR count). The van der Waals surface area contributed by atoms with Crippen LogP contribution in [0.2, 0.25) is 0 Å². The molecule has 0 unspecified atom stereocenters. The van der Waals surface area contributed by atoms with Gasteiger partial charge in [0.25, 0.3) is 0 Å². The van der Waals surface area contributed by atoms with Crippen molar-refractivity contribution in [2.45, 2.75) is 52.7 Å². The zero-order valence-electron chi connectivity index (χ0n) is 28.5. The van der Waals surface area contributed by atoms with Gasteiger partial charge < -0.3 is 13.9 Å². The molecule has 236 valence electrons. The number of hydrogen-bond donors (Lipinski definition) is 0. The van der Waals surface area contributed by atoms with Crippen molar-refractivity contribution in [2.75, 3.05) is 0 Å². The molecular formula is C44H40BNO2. The van der Waals surface area contributed by atoms with Gasteiger partial charge in [-0.25, -0.2) is 0 Å². The molecule has 2 heterocycles. The first-order chi connectivity index (χ1) is 23.2. The summed E-state index contributed by atoms with van der Waals surface area (Å²) < 4.78 is 15.4. The molecule has 3 nitrogen and oxygen atoms in total. The van der Waals surface area contributed by atoms with E-state index in [4.69, 9.17) is 9.31 Å². The van der Waals surface area contributed by atoms with Crippen molar-refractivity contribution in [3.05, 3.63) is 145 Å². The highest BCUT2D eigenvalue weighted by molar-refractivity contribution is 6.62. The zero-order chi connectivity index (χ0) is 33.2. The Hall–Kier alpha value is -4.90. The minimum absolute atomic E-state index is 0.404. The van der Waals surface area contributed by atoms with Crippen molar-refractivity contribution < 1.29 is 9.31 Å². The van der Waals surface area contributed by atoms with Crippen LogP contribution in [0.1, 0.15) is 38.8 Å². The average molecular weight is 626 g/mol. The van der Waals surface area contributed by atoms with E-state index < -0.39 is 18.3 Å². The number of fused-ring (bicyclic) bond motifs is 3. The standard InChI is InChI=1S/C44H40BNO2/c1-29-30(2)40(32-19-11-8-12-20-32)42(46-37-23-15-13-21-35(37)36-22-14-16-24-38(36)46)41(39(29)31-17-9-7-10-18-31)33-25-27-34(28-26-33)45-47-43(3,4)44(5,6)48-45/h7-28H,1-6H3. The largest absolute Gasteiger partial charge is 0.494 e. The van der Waals surface area contributed by atoms with Gasteiger partial charge in [-0.2, -0.15) is 0 Å². The lowest BCUT2D eigenvalue weighted by Crippen LogP contribution is -2.41. The Balaban J connectivity index is 1.49. The number of rotatable bonds is 5. The van der Waals surface area contributed by atoms with Gasteiger partial charge in [0.15, 0.2) is 0 Å². The summed E-state index contributed by atoms with van der Waals surface area (Å²) in [5.74, 6) is 0. The minimum atomic E-state index is -0.422. The molecule has 0 bridgehead atoms. The van der Waals surface area contributed by atoms with E-state index in [2.05, 4.69) is 180 Å². The van der Waals surface area contributed by atoms with Gasteiger partial charge in [-0.3, -0.25) is 0 Å². The van der Waals surface area contributed by atoms with Gasteiger partial charge in [0, 0.05) is 21.9 Å². The third-order valence-corrected chi connectivity index (χ3v) is 10.7. The van der Waals surface area contributed by atoms with E-state index in [9.17, 15) is 0 Å². The quantitative estimate of drug-likeness (QED) is 0.178. The molecule has 0 N–H and O–H groups in total. The van der Waals surface area contributed by atoms with Gasteiger partial charge in [0.2, 0.25) is 0 Å². The molecule has 0 atom stereocenters. The minimum Gasteiger partial charge on any atom is -0.399 e. The zero-order valence-corrected chi connectivity index (χ0v) is 28.5. The number of aromatic nitrogens is 1. The van der Waals surface area contributed by atoms with E-state index in [0.717, 1.165) is 11.0 Å². The van der Waals surface area contributed by atoms with Gasteiger partial charge >= 0.3 is 7.12 Å². The van der Waals surface area contributed by atoms with E-state index >= 15 is 0 Å². The Morgan fingerprint density at radius 2 is 0.875 bits per heavy atom. The number of hydrogen-bond acceptors (Lipinski definition) is 2. The van der Waals surface area contributed by atoms with Gasteiger partial charge in [0.1, 0.15) is 0 Å². The lowest BCUT2D eigenvalue weighted by atomic mass is 9.77. The maximum atomic E-state index is 6.45. The van der Waals surface area contributed by atoms with Gasteiger partial charge in [-0.15, -0.1) is 0 Å². The molecule has 1 fully saturated rings. The molecule has 0 aliphatic carbocycles. The maximum absolute atomic E-state index is 6.45. The fourth-order valence-corrected chi connectivity index (χ4v) is 7.36.